The number of aromatic nitrogens is 1. The molecule has 1 aromatic rings. The maximum atomic E-state index is 12.7. The second kappa shape index (κ2) is 4.86. The van der Waals surface area contributed by atoms with Crippen LogP contribution < -0.4 is 0 Å². The van der Waals surface area contributed by atoms with Crippen LogP contribution >= 0.6 is 0 Å². The summed E-state index contributed by atoms with van der Waals surface area (Å²) in [5.41, 5.74) is 0.875. The van der Waals surface area contributed by atoms with Gasteiger partial charge in [-0.25, -0.2) is 0 Å². The molecule has 1 N–H and O–H groups in total. The molecule has 1 saturated carbocycles. The number of hydrogen-bond acceptors (Lipinski definition) is 5. The summed E-state index contributed by atoms with van der Waals surface area (Å²) < 4.78 is 10.7. The van der Waals surface area contributed by atoms with Gasteiger partial charge in [-0.3, -0.25) is 4.79 Å². The number of morpholine rings is 1. The molecule has 6 nitrogen and oxygen atoms in total. The van der Waals surface area contributed by atoms with Crippen molar-refractivity contribution in [3.8, 4) is 0 Å². The van der Waals surface area contributed by atoms with E-state index in [0.29, 0.717) is 24.6 Å². The fourth-order valence-electron chi connectivity index (χ4n) is 2.77. The van der Waals surface area contributed by atoms with Crippen molar-refractivity contribution < 1.29 is 19.2 Å². The van der Waals surface area contributed by atoms with Gasteiger partial charge in [-0.05, 0) is 26.7 Å². The molecular weight excluding hydrogens is 260 g/mol. The van der Waals surface area contributed by atoms with Gasteiger partial charge in [0.05, 0.1) is 24.0 Å². The average molecular weight is 280 g/mol. The maximum Gasteiger partial charge on any atom is 0.259 e. The van der Waals surface area contributed by atoms with E-state index in [0.717, 1.165) is 18.5 Å². The first-order chi connectivity index (χ1) is 9.50. The number of ether oxygens (including phenoxy) is 1. The fraction of sp³-hybridized carbons (Fsp3) is 0.714. The highest BCUT2D eigenvalue weighted by atomic mass is 16.5. The van der Waals surface area contributed by atoms with E-state index in [4.69, 9.17) is 9.26 Å². The van der Waals surface area contributed by atoms with Crippen molar-refractivity contribution >= 4 is 5.91 Å². The molecule has 0 bridgehead atoms. The normalized spacial score (nSPS) is 25.8. The predicted octanol–water partition coefficient (Wildman–Crippen LogP) is 1.16. The molecule has 2 fully saturated rings. The monoisotopic (exact) mass is 280 g/mol. The van der Waals surface area contributed by atoms with Crippen molar-refractivity contribution in [2.45, 2.75) is 44.3 Å². The van der Waals surface area contributed by atoms with Crippen LogP contribution in [0.15, 0.2) is 10.8 Å². The zero-order valence-corrected chi connectivity index (χ0v) is 11.8. The largest absolute Gasteiger partial charge is 0.394 e. The number of nitrogens with zero attached hydrogens (tertiary/aromatic N) is 2. The molecule has 20 heavy (non-hydrogen) atoms. The fourth-order valence-corrected chi connectivity index (χ4v) is 2.77. The van der Waals surface area contributed by atoms with Gasteiger partial charge in [0.25, 0.3) is 5.91 Å². The summed E-state index contributed by atoms with van der Waals surface area (Å²) in [6.45, 7) is 4.65. The Labute approximate surface area is 117 Å². The summed E-state index contributed by atoms with van der Waals surface area (Å²) in [5.74, 6) is 0.290. The first-order valence-corrected chi connectivity index (χ1v) is 7.02. The van der Waals surface area contributed by atoms with Gasteiger partial charge < -0.3 is 19.3 Å². The molecule has 110 valence electrons. The van der Waals surface area contributed by atoms with E-state index in [-0.39, 0.29) is 18.6 Å². The molecule has 1 aliphatic heterocycles. The number of amides is 1. The van der Waals surface area contributed by atoms with Crippen LogP contribution in [0.2, 0.25) is 0 Å². The summed E-state index contributed by atoms with van der Waals surface area (Å²) in [6.07, 6.45) is 3.24. The van der Waals surface area contributed by atoms with Gasteiger partial charge in [0.1, 0.15) is 11.8 Å². The lowest BCUT2D eigenvalue weighted by Crippen LogP contribution is -2.55. The van der Waals surface area contributed by atoms with Crippen LogP contribution in [0.25, 0.3) is 0 Å². The summed E-state index contributed by atoms with van der Waals surface area (Å²) in [5, 5.41) is 13.3. The predicted molar refractivity (Wildman–Crippen MR) is 70.4 cm³/mol. The van der Waals surface area contributed by atoms with Crippen LogP contribution in [0.5, 0.6) is 0 Å². The summed E-state index contributed by atoms with van der Waals surface area (Å²) in [4.78, 5) is 14.4. The molecule has 2 aliphatic rings. The lowest BCUT2D eigenvalue weighted by molar-refractivity contribution is -0.139. The van der Waals surface area contributed by atoms with Gasteiger partial charge in [-0.2, -0.15) is 0 Å². The number of aliphatic hydroxyl groups is 1. The number of rotatable bonds is 3. The van der Waals surface area contributed by atoms with Gasteiger partial charge >= 0.3 is 0 Å². The quantitative estimate of drug-likeness (QED) is 0.899. The standard InChI is InChI=1S/C14H20N2O4/c1-14(2)8-16(5-10(6-17)20-14)13(18)11-7-19-15-12(11)9-3-4-9/h7,9-10,17H,3-6,8H2,1-2H3/t10-/m1/s1. The number of hydrogen-bond donors (Lipinski definition) is 1. The third-order valence-corrected chi connectivity index (χ3v) is 3.76. The van der Waals surface area contributed by atoms with Crippen LogP contribution in [0, 0.1) is 0 Å². The van der Waals surface area contributed by atoms with E-state index >= 15 is 0 Å². The molecule has 1 aromatic heterocycles. The van der Waals surface area contributed by atoms with Crippen LogP contribution in [-0.4, -0.2) is 52.5 Å². The Morgan fingerprint density at radius 3 is 2.95 bits per heavy atom. The van der Waals surface area contributed by atoms with Gasteiger partial charge in [-0.15, -0.1) is 0 Å². The van der Waals surface area contributed by atoms with Crippen LogP contribution in [0.4, 0.5) is 0 Å². The summed E-state index contributed by atoms with van der Waals surface area (Å²) in [6, 6.07) is 0. The van der Waals surface area contributed by atoms with Crippen LogP contribution in [0.3, 0.4) is 0 Å². The van der Waals surface area contributed by atoms with Crippen molar-refractivity contribution in [1.29, 1.82) is 0 Å². The number of carbonyl (C=O) groups excluding carboxylic acids is 1. The number of aliphatic hydroxyl groups excluding tert-OH is 1. The van der Waals surface area contributed by atoms with Gasteiger partial charge in [-0.1, -0.05) is 5.16 Å². The second-order valence-electron chi connectivity index (χ2n) is 6.26. The van der Waals surface area contributed by atoms with Crippen LogP contribution in [-0.2, 0) is 4.74 Å². The molecule has 2 heterocycles. The highest BCUT2D eigenvalue weighted by Gasteiger charge is 2.38. The van der Waals surface area contributed by atoms with Crippen LogP contribution in [0.1, 0.15) is 48.7 Å². The van der Waals surface area contributed by atoms with Gasteiger partial charge in [0.15, 0.2) is 0 Å². The maximum absolute atomic E-state index is 12.7. The Hall–Kier alpha value is -1.40. The second-order valence-corrected chi connectivity index (χ2v) is 6.26. The molecule has 1 aliphatic carbocycles. The van der Waals surface area contributed by atoms with Gasteiger partial charge in [0, 0.05) is 19.0 Å². The Morgan fingerprint density at radius 2 is 2.30 bits per heavy atom. The molecule has 0 unspecified atom stereocenters. The molecule has 1 saturated heterocycles. The third kappa shape index (κ3) is 2.58. The van der Waals surface area contributed by atoms with Gasteiger partial charge in [0.2, 0.25) is 0 Å². The minimum atomic E-state index is -0.460. The van der Waals surface area contributed by atoms with Crippen molar-refractivity contribution in [2.24, 2.45) is 0 Å². The Morgan fingerprint density at radius 1 is 1.55 bits per heavy atom. The zero-order chi connectivity index (χ0) is 14.3. The Bertz CT molecular complexity index is 507. The van der Waals surface area contributed by atoms with Crippen molar-refractivity contribution in [2.75, 3.05) is 19.7 Å². The molecule has 0 spiro atoms. The van der Waals surface area contributed by atoms with E-state index in [1.807, 2.05) is 13.8 Å². The van der Waals surface area contributed by atoms with E-state index < -0.39 is 5.60 Å². The Balaban J connectivity index is 1.80. The third-order valence-electron chi connectivity index (χ3n) is 3.76. The van der Waals surface area contributed by atoms with E-state index in [1.165, 1.54) is 6.26 Å². The minimum absolute atomic E-state index is 0.0806. The first kappa shape index (κ1) is 13.6. The lowest BCUT2D eigenvalue weighted by Gasteiger charge is -2.42. The number of carbonyl (C=O) groups is 1. The lowest BCUT2D eigenvalue weighted by atomic mass is 10.0. The smallest absolute Gasteiger partial charge is 0.259 e. The average Bonchev–Trinajstić information content (AvgIpc) is 3.13. The van der Waals surface area contributed by atoms with E-state index in [9.17, 15) is 9.90 Å². The highest BCUT2D eigenvalue weighted by molar-refractivity contribution is 5.95. The molecule has 3 rings (SSSR count). The van der Waals surface area contributed by atoms with E-state index in [1.54, 1.807) is 4.90 Å². The highest BCUT2D eigenvalue weighted by Crippen LogP contribution is 2.41. The molecular formula is C14H20N2O4. The molecule has 6 heteroatoms. The van der Waals surface area contributed by atoms with Crippen molar-refractivity contribution in [3.05, 3.63) is 17.5 Å². The first-order valence-electron chi connectivity index (χ1n) is 7.02. The molecule has 1 atom stereocenters. The van der Waals surface area contributed by atoms with E-state index in [2.05, 4.69) is 5.16 Å². The molecule has 0 aromatic carbocycles. The topological polar surface area (TPSA) is 75.8 Å². The summed E-state index contributed by atoms with van der Waals surface area (Å²) in [7, 11) is 0. The SMILES string of the molecule is CC1(C)CN(C(=O)c2conc2C2CC2)C[C@H](CO)O1. The molecule has 1 amide bonds. The molecule has 0 radical (unpaired) electrons. The van der Waals surface area contributed by atoms with Crippen molar-refractivity contribution in [1.82, 2.24) is 10.1 Å². The zero-order valence-electron chi connectivity index (χ0n) is 11.8. The summed E-state index contributed by atoms with van der Waals surface area (Å²) >= 11 is 0. The minimum Gasteiger partial charge on any atom is -0.394 e. The Kier molecular flexibility index (Phi) is 3.30. The van der Waals surface area contributed by atoms with Crippen molar-refractivity contribution in [3.63, 3.8) is 0 Å².